The minimum Gasteiger partial charge on any atom is -0.340 e. The van der Waals surface area contributed by atoms with E-state index in [-0.39, 0.29) is 5.91 Å². The molecule has 0 spiro atoms. The smallest absolute Gasteiger partial charge is 0.274 e. The summed E-state index contributed by atoms with van der Waals surface area (Å²) in [5.41, 5.74) is 4.33. The molecule has 3 aromatic rings. The van der Waals surface area contributed by atoms with Gasteiger partial charge in [-0.2, -0.15) is 0 Å². The number of nitrogens with zero attached hydrogens (tertiary/aromatic N) is 2. The molecule has 1 heterocycles. The minimum atomic E-state index is -0.258. The fourth-order valence-electron chi connectivity index (χ4n) is 2.92. The topological polar surface area (TPSA) is 66.9 Å². The standard InChI is InChI=1S/C22H24N4O/c1-14(2)18-10-5-6-11-19(18)26-21-13-20(23-16(4)24-21)22(27)25-17-9-7-8-15(3)12-17/h5-14H,1-4H3,(H,25,27)(H,23,24,26). The van der Waals surface area contributed by atoms with Gasteiger partial charge in [0.1, 0.15) is 17.3 Å². The molecule has 1 aromatic heterocycles. The Kier molecular flexibility index (Phi) is 5.50. The molecule has 3 rings (SSSR count). The van der Waals surface area contributed by atoms with Crippen LogP contribution in [0.25, 0.3) is 0 Å². The molecule has 0 radical (unpaired) electrons. The summed E-state index contributed by atoms with van der Waals surface area (Å²) >= 11 is 0. The van der Waals surface area contributed by atoms with Crippen LogP contribution in [0.15, 0.2) is 54.6 Å². The third kappa shape index (κ3) is 4.70. The van der Waals surface area contributed by atoms with Crippen molar-refractivity contribution in [2.75, 3.05) is 10.6 Å². The van der Waals surface area contributed by atoms with Crippen LogP contribution in [-0.4, -0.2) is 15.9 Å². The zero-order valence-corrected chi connectivity index (χ0v) is 16.1. The average Bonchev–Trinajstić information content (AvgIpc) is 2.61. The fourth-order valence-corrected chi connectivity index (χ4v) is 2.92. The van der Waals surface area contributed by atoms with Gasteiger partial charge in [-0.15, -0.1) is 0 Å². The number of aryl methyl sites for hydroxylation is 2. The third-order valence-corrected chi connectivity index (χ3v) is 4.19. The van der Waals surface area contributed by atoms with Gasteiger partial charge >= 0.3 is 0 Å². The van der Waals surface area contributed by atoms with E-state index >= 15 is 0 Å². The van der Waals surface area contributed by atoms with Gasteiger partial charge in [0.05, 0.1) is 0 Å². The Bertz CT molecular complexity index is 966. The van der Waals surface area contributed by atoms with Crippen molar-refractivity contribution >= 4 is 23.1 Å². The fraction of sp³-hybridized carbons (Fsp3) is 0.227. The number of para-hydroxylation sites is 1. The van der Waals surface area contributed by atoms with Crippen LogP contribution < -0.4 is 10.6 Å². The normalized spacial score (nSPS) is 10.7. The molecule has 0 aliphatic rings. The van der Waals surface area contributed by atoms with Crippen molar-refractivity contribution in [3.8, 4) is 0 Å². The van der Waals surface area contributed by atoms with Gasteiger partial charge in [-0.05, 0) is 49.1 Å². The van der Waals surface area contributed by atoms with Crippen molar-refractivity contribution in [2.24, 2.45) is 0 Å². The molecule has 0 bridgehead atoms. The molecule has 138 valence electrons. The number of nitrogens with one attached hydrogen (secondary N) is 2. The molecular formula is C22H24N4O. The Hall–Kier alpha value is -3.21. The lowest BCUT2D eigenvalue weighted by atomic mass is 10.0. The summed E-state index contributed by atoms with van der Waals surface area (Å²) in [7, 11) is 0. The second kappa shape index (κ2) is 7.99. The van der Waals surface area contributed by atoms with Crippen LogP contribution >= 0.6 is 0 Å². The van der Waals surface area contributed by atoms with E-state index in [1.165, 1.54) is 5.56 Å². The first-order chi connectivity index (χ1) is 12.9. The van der Waals surface area contributed by atoms with Crippen LogP contribution in [0.1, 0.15) is 47.2 Å². The maximum atomic E-state index is 12.6. The highest BCUT2D eigenvalue weighted by Gasteiger charge is 2.13. The molecule has 2 N–H and O–H groups in total. The number of anilines is 3. The van der Waals surface area contributed by atoms with Crippen LogP contribution in [0.3, 0.4) is 0 Å². The monoisotopic (exact) mass is 360 g/mol. The Balaban J connectivity index is 1.85. The Labute approximate surface area is 159 Å². The van der Waals surface area contributed by atoms with Crippen molar-refractivity contribution in [3.63, 3.8) is 0 Å². The molecule has 0 fully saturated rings. The largest absolute Gasteiger partial charge is 0.340 e. The van der Waals surface area contributed by atoms with Gasteiger partial charge in [0.2, 0.25) is 0 Å². The molecule has 1 amide bonds. The number of rotatable bonds is 5. The third-order valence-electron chi connectivity index (χ3n) is 4.19. The number of aromatic nitrogens is 2. The van der Waals surface area contributed by atoms with Crippen LogP contribution in [0, 0.1) is 13.8 Å². The zero-order chi connectivity index (χ0) is 19.4. The predicted molar refractivity (Wildman–Crippen MR) is 110 cm³/mol. The van der Waals surface area contributed by atoms with E-state index in [4.69, 9.17) is 0 Å². The summed E-state index contributed by atoms with van der Waals surface area (Å²) < 4.78 is 0. The first-order valence-corrected chi connectivity index (χ1v) is 9.02. The summed E-state index contributed by atoms with van der Waals surface area (Å²) in [5, 5.41) is 6.22. The predicted octanol–water partition coefficient (Wildman–Crippen LogP) is 5.21. The highest BCUT2D eigenvalue weighted by Crippen LogP contribution is 2.26. The van der Waals surface area contributed by atoms with E-state index in [0.717, 1.165) is 16.9 Å². The van der Waals surface area contributed by atoms with E-state index in [9.17, 15) is 4.79 Å². The molecule has 2 aromatic carbocycles. The van der Waals surface area contributed by atoms with Gasteiger partial charge in [-0.3, -0.25) is 4.79 Å². The molecule has 0 aliphatic carbocycles. The molecule has 0 saturated heterocycles. The molecule has 5 nitrogen and oxygen atoms in total. The SMILES string of the molecule is Cc1cccc(NC(=O)c2cc(Nc3ccccc3C(C)C)nc(C)n2)c1. The van der Waals surface area contributed by atoms with E-state index in [2.05, 4.69) is 40.5 Å². The summed E-state index contributed by atoms with van der Waals surface area (Å²) in [6.45, 7) is 8.06. The van der Waals surface area contributed by atoms with Crippen molar-refractivity contribution in [2.45, 2.75) is 33.6 Å². The van der Waals surface area contributed by atoms with Crippen LogP contribution in [0.2, 0.25) is 0 Å². The van der Waals surface area contributed by atoms with Gasteiger partial charge in [0.25, 0.3) is 5.91 Å². The Morgan fingerprint density at radius 2 is 1.74 bits per heavy atom. The molecule has 27 heavy (non-hydrogen) atoms. The lowest BCUT2D eigenvalue weighted by Gasteiger charge is -2.15. The number of benzene rings is 2. The molecular weight excluding hydrogens is 336 g/mol. The quantitative estimate of drug-likeness (QED) is 0.655. The second-order valence-electron chi connectivity index (χ2n) is 6.88. The minimum absolute atomic E-state index is 0.258. The van der Waals surface area contributed by atoms with Crippen molar-refractivity contribution < 1.29 is 4.79 Å². The maximum absolute atomic E-state index is 12.6. The Morgan fingerprint density at radius 1 is 0.963 bits per heavy atom. The molecule has 0 unspecified atom stereocenters. The number of hydrogen-bond donors (Lipinski definition) is 2. The molecule has 0 atom stereocenters. The van der Waals surface area contributed by atoms with Gasteiger partial charge in [0.15, 0.2) is 0 Å². The Morgan fingerprint density at radius 3 is 2.48 bits per heavy atom. The number of carbonyl (C=O) groups is 1. The lowest BCUT2D eigenvalue weighted by molar-refractivity contribution is 0.102. The lowest BCUT2D eigenvalue weighted by Crippen LogP contribution is -2.15. The van der Waals surface area contributed by atoms with Crippen LogP contribution in [-0.2, 0) is 0 Å². The van der Waals surface area contributed by atoms with Gasteiger partial charge in [-0.25, -0.2) is 9.97 Å². The van der Waals surface area contributed by atoms with Gasteiger partial charge in [0, 0.05) is 17.4 Å². The van der Waals surface area contributed by atoms with E-state index in [0.29, 0.717) is 23.3 Å². The molecule has 0 aliphatic heterocycles. The van der Waals surface area contributed by atoms with E-state index < -0.39 is 0 Å². The summed E-state index contributed by atoms with van der Waals surface area (Å²) in [5.74, 6) is 1.26. The first-order valence-electron chi connectivity index (χ1n) is 9.02. The highest BCUT2D eigenvalue weighted by atomic mass is 16.1. The van der Waals surface area contributed by atoms with Crippen molar-refractivity contribution in [1.29, 1.82) is 0 Å². The summed E-state index contributed by atoms with van der Waals surface area (Å²) in [4.78, 5) is 21.3. The maximum Gasteiger partial charge on any atom is 0.274 e. The second-order valence-corrected chi connectivity index (χ2v) is 6.88. The van der Waals surface area contributed by atoms with Gasteiger partial charge < -0.3 is 10.6 Å². The number of hydrogen-bond acceptors (Lipinski definition) is 4. The summed E-state index contributed by atoms with van der Waals surface area (Å²) in [6, 6.07) is 17.5. The summed E-state index contributed by atoms with van der Waals surface area (Å²) in [6.07, 6.45) is 0. The molecule has 0 saturated carbocycles. The van der Waals surface area contributed by atoms with Crippen molar-refractivity contribution in [3.05, 3.63) is 77.2 Å². The van der Waals surface area contributed by atoms with E-state index in [1.54, 1.807) is 13.0 Å². The highest BCUT2D eigenvalue weighted by molar-refractivity contribution is 6.03. The van der Waals surface area contributed by atoms with Crippen molar-refractivity contribution in [1.82, 2.24) is 9.97 Å². The number of amides is 1. The zero-order valence-electron chi connectivity index (χ0n) is 16.1. The average molecular weight is 360 g/mol. The number of carbonyl (C=O) groups excluding carboxylic acids is 1. The van der Waals surface area contributed by atoms with Crippen LogP contribution in [0.5, 0.6) is 0 Å². The van der Waals surface area contributed by atoms with Gasteiger partial charge in [-0.1, -0.05) is 44.2 Å². The molecule has 5 heteroatoms. The van der Waals surface area contributed by atoms with E-state index in [1.807, 2.05) is 49.4 Å². The van der Waals surface area contributed by atoms with Crippen LogP contribution in [0.4, 0.5) is 17.2 Å². The first kappa shape index (κ1) is 18.6.